The highest BCUT2D eigenvalue weighted by Crippen LogP contribution is 2.23. The normalized spacial score (nSPS) is 23.5. The molecule has 0 saturated carbocycles. The summed E-state index contributed by atoms with van der Waals surface area (Å²) in [5.74, 6) is 0.171. The highest BCUT2D eigenvalue weighted by Gasteiger charge is 2.35. The van der Waals surface area contributed by atoms with Crippen molar-refractivity contribution < 1.29 is 24.2 Å². The van der Waals surface area contributed by atoms with Crippen molar-refractivity contribution in [1.29, 1.82) is 0 Å². The summed E-state index contributed by atoms with van der Waals surface area (Å²) in [5, 5.41) is 16.1. The molecule has 0 spiro atoms. The molecule has 1 fully saturated rings. The van der Waals surface area contributed by atoms with Gasteiger partial charge in [-0.15, -0.1) is 0 Å². The number of nitrogens with zero attached hydrogens (tertiary/aromatic N) is 4. The zero-order valence-corrected chi connectivity index (χ0v) is 16.5. The SMILES string of the molecule is Cc1nc(C(=O)NCc2ccncc2)cc(C2=NO[C@H]([C@H]3CO[C@H](CO)CO3)C2)n1. The Labute approximate surface area is 173 Å². The van der Waals surface area contributed by atoms with Crippen LogP contribution in [0.4, 0.5) is 0 Å². The minimum Gasteiger partial charge on any atom is -0.394 e. The van der Waals surface area contributed by atoms with Crippen LogP contribution in [0.25, 0.3) is 0 Å². The predicted molar refractivity (Wildman–Crippen MR) is 105 cm³/mol. The first-order valence-electron chi connectivity index (χ1n) is 9.72. The number of nitrogens with one attached hydrogen (secondary N) is 1. The number of carbonyl (C=O) groups excluding carboxylic acids is 1. The lowest BCUT2D eigenvalue weighted by molar-refractivity contribution is -0.178. The summed E-state index contributed by atoms with van der Waals surface area (Å²) in [6.45, 7) is 2.66. The van der Waals surface area contributed by atoms with Crippen molar-refractivity contribution >= 4 is 11.6 Å². The summed E-state index contributed by atoms with van der Waals surface area (Å²) in [7, 11) is 0. The monoisotopic (exact) mass is 413 g/mol. The van der Waals surface area contributed by atoms with Crippen LogP contribution in [0.15, 0.2) is 35.7 Å². The van der Waals surface area contributed by atoms with Gasteiger partial charge in [-0.2, -0.15) is 0 Å². The Balaban J connectivity index is 1.39. The van der Waals surface area contributed by atoms with E-state index < -0.39 is 0 Å². The topological polar surface area (TPSA) is 128 Å². The van der Waals surface area contributed by atoms with Crippen molar-refractivity contribution in [3.05, 3.63) is 53.4 Å². The lowest BCUT2D eigenvalue weighted by Gasteiger charge is -2.30. The smallest absolute Gasteiger partial charge is 0.270 e. The third kappa shape index (κ3) is 4.78. The molecule has 2 aliphatic heterocycles. The number of pyridine rings is 1. The van der Waals surface area contributed by atoms with Gasteiger partial charge in [0, 0.05) is 25.4 Å². The van der Waals surface area contributed by atoms with Crippen molar-refractivity contribution in [2.24, 2.45) is 5.16 Å². The molecule has 10 nitrogen and oxygen atoms in total. The molecule has 4 rings (SSSR count). The fourth-order valence-corrected chi connectivity index (χ4v) is 3.23. The van der Waals surface area contributed by atoms with Crippen LogP contribution in [0.1, 0.15) is 34.0 Å². The maximum atomic E-state index is 12.6. The van der Waals surface area contributed by atoms with Gasteiger partial charge in [-0.25, -0.2) is 9.97 Å². The maximum Gasteiger partial charge on any atom is 0.270 e. The Morgan fingerprint density at radius 3 is 2.77 bits per heavy atom. The van der Waals surface area contributed by atoms with E-state index in [0.717, 1.165) is 5.56 Å². The molecular formula is C20H23N5O5. The molecule has 0 bridgehead atoms. The number of rotatable bonds is 6. The van der Waals surface area contributed by atoms with E-state index in [1.54, 1.807) is 25.4 Å². The molecule has 1 saturated heterocycles. The molecule has 0 radical (unpaired) electrons. The number of hydrogen-bond donors (Lipinski definition) is 2. The third-order valence-corrected chi connectivity index (χ3v) is 4.87. The van der Waals surface area contributed by atoms with Gasteiger partial charge in [0.15, 0.2) is 6.10 Å². The summed E-state index contributed by atoms with van der Waals surface area (Å²) >= 11 is 0. The number of aliphatic hydroxyl groups excluding tert-OH is 1. The second kappa shape index (κ2) is 9.24. The first kappa shape index (κ1) is 20.3. The zero-order chi connectivity index (χ0) is 20.9. The predicted octanol–water partition coefficient (Wildman–Crippen LogP) is 0.379. The van der Waals surface area contributed by atoms with Crippen LogP contribution in [-0.4, -0.2) is 69.8 Å². The number of carbonyl (C=O) groups is 1. The minimum absolute atomic E-state index is 0.0772. The van der Waals surface area contributed by atoms with Gasteiger partial charge in [-0.05, 0) is 30.7 Å². The van der Waals surface area contributed by atoms with Crippen LogP contribution in [0, 0.1) is 6.92 Å². The standard InChI is InChI=1S/C20H23N5O5/c1-12-23-15(6-17(24-12)20(27)22-8-13-2-4-21-5-3-13)16-7-18(30-25-16)19-11-28-14(9-26)10-29-19/h2-6,14,18-19,26H,7-11H2,1H3,(H,22,27)/t14-,18+,19-/m1/s1. The Hall–Kier alpha value is -2.95. The van der Waals surface area contributed by atoms with E-state index in [1.165, 1.54) is 0 Å². The maximum absolute atomic E-state index is 12.6. The molecule has 2 N–H and O–H groups in total. The largest absolute Gasteiger partial charge is 0.394 e. The molecular weight excluding hydrogens is 390 g/mol. The number of aromatic nitrogens is 3. The van der Waals surface area contributed by atoms with Crippen molar-refractivity contribution in [1.82, 2.24) is 20.3 Å². The van der Waals surface area contributed by atoms with Gasteiger partial charge >= 0.3 is 0 Å². The van der Waals surface area contributed by atoms with Gasteiger partial charge in [-0.1, -0.05) is 5.16 Å². The second-order valence-corrected chi connectivity index (χ2v) is 7.12. The number of aliphatic hydroxyl groups is 1. The fourth-order valence-electron chi connectivity index (χ4n) is 3.23. The fraction of sp³-hybridized carbons (Fsp3) is 0.450. The number of aryl methyl sites for hydroxylation is 1. The van der Waals surface area contributed by atoms with Crippen LogP contribution in [0.5, 0.6) is 0 Å². The summed E-state index contributed by atoms with van der Waals surface area (Å²) in [6.07, 6.45) is 2.94. The van der Waals surface area contributed by atoms with E-state index in [0.29, 0.717) is 43.4 Å². The zero-order valence-electron chi connectivity index (χ0n) is 16.5. The molecule has 0 aliphatic carbocycles. The minimum atomic E-state index is -0.307. The average molecular weight is 413 g/mol. The van der Waals surface area contributed by atoms with Crippen LogP contribution in [0.2, 0.25) is 0 Å². The molecule has 0 aromatic carbocycles. The van der Waals surface area contributed by atoms with Gasteiger partial charge in [0.2, 0.25) is 0 Å². The Morgan fingerprint density at radius 2 is 2.03 bits per heavy atom. The molecule has 4 heterocycles. The Kier molecular flexibility index (Phi) is 6.26. The van der Waals surface area contributed by atoms with E-state index in [2.05, 4.69) is 25.4 Å². The van der Waals surface area contributed by atoms with Crippen LogP contribution in [-0.2, 0) is 20.9 Å². The quantitative estimate of drug-likeness (QED) is 0.696. The van der Waals surface area contributed by atoms with Gasteiger partial charge in [-0.3, -0.25) is 9.78 Å². The van der Waals surface area contributed by atoms with Gasteiger partial charge in [0.05, 0.1) is 25.5 Å². The summed E-state index contributed by atoms with van der Waals surface area (Å²) < 4.78 is 11.3. The number of amides is 1. The Bertz CT molecular complexity index is 915. The third-order valence-electron chi connectivity index (χ3n) is 4.87. The molecule has 2 aromatic heterocycles. The van der Waals surface area contributed by atoms with Gasteiger partial charge in [0.1, 0.15) is 29.4 Å². The summed E-state index contributed by atoms with van der Waals surface area (Å²) in [6, 6.07) is 5.28. The van der Waals surface area contributed by atoms with E-state index in [-0.39, 0.29) is 36.5 Å². The highest BCUT2D eigenvalue weighted by atomic mass is 16.7. The first-order chi connectivity index (χ1) is 14.6. The van der Waals surface area contributed by atoms with Crippen molar-refractivity contribution in [3.63, 3.8) is 0 Å². The molecule has 158 valence electrons. The lowest BCUT2D eigenvalue weighted by atomic mass is 10.0. The Morgan fingerprint density at radius 1 is 1.20 bits per heavy atom. The number of ether oxygens (including phenoxy) is 2. The molecule has 2 aliphatic rings. The van der Waals surface area contributed by atoms with E-state index in [9.17, 15) is 4.79 Å². The molecule has 3 atom stereocenters. The van der Waals surface area contributed by atoms with Gasteiger partial charge in [0.25, 0.3) is 5.91 Å². The molecule has 10 heteroatoms. The molecule has 1 amide bonds. The van der Waals surface area contributed by atoms with Crippen molar-refractivity contribution in [2.45, 2.75) is 38.2 Å². The first-order valence-corrected chi connectivity index (χ1v) is 9.72. The summed E-state index contributed by atoms with van der Waals surface area (Å²) in [4.78, 5) is 30.7. The van der Waals surface area contributed by atoms with E-state index in [4.69, 9.17) is 19.4 Å². The molecule has 30 heavy (non-hydrogen) atoms. The molecule has 2 aromatic rings. The average Bonchev–Trinajstić information content (AvgIpc) is 3.28. The van der Waals surface area contributed by atoms with Gasteiger partial charge < -0.3 is 24.7 Å². The highest BCUT2D eigenvalue weighted by molar-refractivity contribution is 6.01. The van der Waals surface area contributed by atoms with E-state index >= 15 is 0 Å². The van der Waals surface area contributed by atoms with Crippen LogP contribution < -0.4 is 5.32 Å². The van der Waals surface area contributed by atoms with Crippen LogP contribution in [0.3, 0.4) is 0 Å². The van der Waals surface area contributed by atoms with Crippen molar-refractivity contribution in [2.75, 3.05) is 19.8 Å². The number of oxime groups is 1. The van der Waals surface area contributed by atoms with E-state index in [1.807, 2.05) is 12.1 Å². The molecule has 0 unspecified atom stereocenters. The summed E-state index contributed by atoms with van der Waals surface area (Å²) in [5.41, 5.74) is 2.38. The number of hydrogen-bond acceptors (Lipinski definition) is 9. The second-order valence-electron chi connectivity index (χ2n) is 7.12. The van der Waals surface area contributed by atoms with Crippen molar-refractivity contribution in [3.8, 4) is 0 Å². The van der Waals surface area contributed by atoms with Crippen LogP contribution >= 0.6 is 0 Å². The lowest BCUT2D eigenvalue weighted by Crippen LogP contribution is -2.43.